The molecule has 0 saturated carbocycles. The molecule has 0 amide bonds. The number of hydrogen-bond donors (Lipinski definition) is 0. The third kappa shape index (κ3) is 4.75. The Balaban J connectivity index is 0.00000256. The normalized spacial score (nSPS) is 11.0. The maximum atomic E-state index is 11.3. The van der Waals surface area contributed by atoms with Crippen molar-refractivity contribution in [2.45, 2.75) is 11.8 Å². The van der Waals surface area contributed by atoms with Crippen LogP contribution in [0.1, 0.15) is 5.56 Å². The van der Waals surface area contributed by atoms with Gasteiger partial charge in [0.15, 0.2) is 0 Å². The Labute approximate surface area is 199 Å². The van der Waals surface area contributed by atoms with Crippen molar-refractivity contribution < 1.29 is 42.5 Å². The molecule has 0 aliphatic heterocycles. The molecule has 0 atom stereocenters. The van der Waals surface area contributed by atoms with Gasteiger partial charge in [0.05, 0.1) is 4.90 Å². The maximum Gasteiger partial charge on any atom is 1.00 e. The van der Waals surface area contributed by atoms with Gasteiger partial charge >= 0.3 is 29.6 Å². The van der Waals surface area contributed by atoms with Gasteiger partial charge in [0.1, 0.15) is 10.1 Å². The SMILES string of the molecule is Cc1c(-c2ccccc2)cc(-c2ccccc2)cc1-c1ccc(S(=O)(=O)[O-])cc1.[Na+]. The van der Waals surface area contributed by atoms with Gasteiger partial charge in [-0.05, 0) is 70.1 Å². The zero-order chi connectivity index (χ0) is 20.4. The molecule has 5 heteroatoms. The smallest absolute Gasteiger partial charge is 0.744 e. The van der Waals surface area contributed by atoms with Crippen LogP contribution < -0.4 is 29.6 Å². The van der Waals surface area contributed by atoms with Gasteiger partial charge in [0.2, 0.25) is 0 Å². The first kappa shape index (κ1) is 22.5. The second-order valence-corrected chi connectivity index (χ2v) is 8.29. The van der Waals surface area contributed by atoms with Gasteiger partial charge in [-0.15, -0.1) is 0 Å². The van der Waals surface area contributed by atoms with Crippen LogP contribution in [0.25, 0.3) is 33.4 Å². The average molecular weight is 422 g/mol. The summed E-state index contributed by atoms with van der Waals surface area (Å²) < 4.78 is 33.8. The second-order valence-electron chi connectivity index (χ2n) is 6.91. The van der Waals surface area contributed by atoms with Gasteiger partial charge in [0.25, 0.3) is 0 Å². The summed E-state index contributed by atoms with van der Waals surface area (Å²) in [6.45, 7) is 2.06. The summed E-state index contributed by atoms with van der Waals surface area (Å²) in [6, 6.07) is 30.7. The van der Waals surface area contributed by atoms with Crippen LogP contribution in [0.4, 0.5) is 0 Å². The van der Waals surface area contributed by atoms with Crippen LogP contribution in [0.2, 0.25) is 0 Å². The van der Waals surface area contributed by atoms with Crippen LogP contribution in [-0.2, 0) is 10.1 Å². The summed E-state index contributed by atoms with van der Waals surface area (Å²) in [7, 11) is -4.46. The number of hydrogen-bond acceptors (Lipinski definition) is 3. The molecule has 3 nitrogen and oxygen atoms in total. The van der Waals surface area contributed by atoms with Gasteiger partial charge in [-0.1, -0.05) is 72.8 Å². The van der Waals surface area contributed by atoms with Gasteiger partial charge in [-0.2, -0.15) is 0 Å². The zero-order valence-electron chi connectivity index (χ0n) is 16.9. The fourth-order valence-corrected chi connectivity index (χ4v) is 4.00. The molecule has 0 spiro atoms. The fourth-order valence-electron chi connectivity index (χ4n) is 3.53. The van der Waals surface area contributed by atoms with E-state index >= 15 is 0 Å². The molecule has 0 aromatic heterocycles. The summed E-state index contributed by atoms with van der Waals surface area (Å²) in [6.07, 6.45) is 0. The Morgan fingerprint density at radius 1 is 0.600 bits per heavy atom. The summed E-state index contributed by atoms with van der Waals surface area (Å²) >= 11 is 0. The largest absolute Gasteiger partial charge is 1.00 e. The molecule has 0 aliphatic carbocycles. The molecule has 0 fully saturated rings. The minimum atomic E-state index is -4.46. The van der Waals surface area contributed by atoms with E-state index in [1.54, 1.807) is 12.1 Å². The zero-order valence-corrected chi connectivity index (χ0v) is 19.7. The van der Waals surface area contributed by atoms with Crippen molar-refractivity contribution >= 4 is 10.1 Å². The maximum absolute atomic E-state index is 11.3. The van der Waals surface area contributed by atoms with E-state index in [1.807, 2.05) is 36.4 Å². The molecule has 0 heterocycles. The van der Waals surface area contributed by atoms with Crippen LogP contribution in [0.3, 0.4) is 0 Å². The van der Waals surface area contributed by atoms with Crippen LogP contribution >= 0.6 is 0 Å². The Hall–Kier alpha value is -2.21. The molecule has 0 saturated heterocycles. The van der Waals surface area contributed by atoms with Crippen molar-refractivity contribution in [3.05, 3.63) is 103 Å². The molecule has 4 aromatic rings. The van der Waals surface area contributed by atoms with Gasteiger partial charge in [-0.3, -0.25) is 0 Å². The first-order valence-corrected chi connectivity index (χ1v) is 10.7. The first-order valence-electron chi connectivity index (χ1n) is 9.25. The predicted octanol–water partition coefficient (Wildman–Crippen LogP) is 2.90. The molecule has 0 radical (unpaired) electrons. The molecule has 0 N–H and O–H groups in total. The third-order valence-corrected chi connectivity index (χ3v) is 5.90. The van der Waals surface area contributed by atoms with E-state index in [0.29, 0.717) is 0 Å². The van der Waals surface area contributed by atoms with Gasteiger partial charge in [-0.25, -0.2) is 8.42 Å². The molecular weight excluding hydrogens is 403 g/mol. The van der Waals surface area contributed by atoms with E-state index < -0.39 is 10.1 Å². The van der Waals surface area contributed by atoms with Crippen molar-refractivity contribution in [2.75, 3.05) is 0 Å². The second kappa shape index (κ2) is 9.29. The Morgan fingerprint density at radius 3 is 1.50 bits per heavy atom. The number of benzene rings is 4. The summed E-state index contributed by atoms with van der Waals surface area (Å²) in [5.74, 6) is 0. The molecule has 4 aromatic carbocycles. The standard InChI is InChI=1S/C25H20O3S.Na/c1-18-24(20-10-6-3-7-11-20)16-22(19-8-4-2-5-9-19)17-25(18)21-12-14-23(15-13-21)29(26,27)28;/h2-17H,1H3,(H,26,27,28);/q;+1/p-1. The fraction of sp³-hybridized carbons (Fsp3) is 0.0400. The quantitative estimate of drug-likeness (QED) is 0.375. The van der Waals surface area contributed by atoms with E-state index in [-0.39, 0.29) is 34.5 Å². The van der Waals surface area contributed by atoms with Crippen LogP contribution in [0.15, 0.2) is 102 Å². The monoisotopic (exact) mass is 422 g/mol. The van der Waals surface area contributed by atoms with Crippen LogP contribution in [-0.4, -0.2) is 13.0 Å². The van der Waals surface area contributed by atoms with Crippen molar-refractivity contribution in [3.63, 3.8) is 0 Å². The predicted molar refractivity (Wildman–Crippen MR) is 115 cm³/mol. The molecule has 30 heavy (non-hydrogen) atoms. The molecular formula is C25H19NaO3S. The van der Waals surface area contributed by atoms with E-state index in [1.165, 1.54) is 12.1 Å². The van der Waals surface area contributed by atoms with E-state index in [9.17, 15) is 13.0 Å². The van der Waals surface area contributed by atoms with Crippen molar-refractivity contribution in [2.24, 2.45) is 0 Å². The summed E-state index contributed by atoms with van der Waals surface area (Å²) in [4.78, 5) is -0.221. The Bertz CT molecular complexity index is 1250. The van der Waals surface area contributed by atoms with Crippen molar-refractivity contribution in [3.8, 4) is 33.4 Å². The summed E-state index contributed by atoms with van der Waals surface area (Å²) in [5.41, 5.74) is 7.36. The van der Waals surface area contributed by atoms with E-state index in [0.717, 1.165) is 38.9 Å². The molecule has 144 valence electrons. The first-order chi connectivity index (χ1) is 13.9. The Morgan fingerprint density at radius 2 is 1.03 bits per heavy atom. The minimum Gasteiger partial charge on any atom is -0.744 e. The van der Waals surface area contributed by atoms with Crippen molar-refractivity contribution in [1.82, 2.24) is 0 Å². The van der Waals surface area contributed by atoms with Gasteiger partial charge < -0.3 is 4.55 Å². The topological polar surface area (TPSA) is 57.2 Å². The van der Waals surface area contributed by atoms with Crippen molar-refractivity contribution in [1.29, 1.82) is 0 Å². The molecule has 0 bridgehead atoms. The van der Waals surface area contributed by atoms with E-state index in [4.69, 9.17) is 0 Å². The molecule has 0 unspecified atom stereocenters. The average Bonchev–Trinajstić information content (AvgIpc) is 2.75. The third-order valence-electron chi connectivity index (χ3n) is 5.05. The molecule has 0 aliphatic rings. The molecule has 4 rings (SSSR count). The van der Waals surface area contributed by atoms with Crippen LogP contribution in [0.5, 0.6) is 0 Å². The Kier molecular flexibility index (Phi) is 6.96. The summed E-state index contributed by atoms with van der Waals surface area (Å²) in [5, 5.41) is 0. The van der Waals surface area contributed by atoms with Crippen LogP contribution in [0, 0.1) is 6.92 Å². The minimum absolute atomic E-state index is 0. The van der Waals surface area contributed by atoms with Gasteiger partial charge in [0, 0.05) is 0 Å². The van der Waals surface area contributed by atoms with E-state index in [2.05, 4.69) is 43.3 Å². The number of rotatable bonds is 4.